The molecule has 0 unspecified atom stereocenters. The predicted octanol–water partition coefficient (Wildman–Crippen LogP) is 2.77. The minimum atomic E-state index is -0.114. The second-order valence-electron chi connectivity index (χ2n) is 6.42. The van der Waals surface area contributed by atoms with Crippen molar-refractivity contribution in [1.82, 2.24) is 15.5 Å². The summed E-state index contributed by atoms with van der Waals surface area (Å²) in [5, 5.41) is 9.66. The van der Waals surface area contributed by atoms with Crippen LogP contribution >= 0.6 is 35.6 Å². The Bertz CT molecular complexity index is 693. The molecule has 1 aliphatic rings. The quantitative estimate of drug-likeness (QED) is 0.293. The summed E-state index contributed by atoms with van der Waals surface area (Å²) >= 11 is 6.07. The van der Waals surface area contributed by atoms with Crippen molar-refractivity contribution in [3.05, 3.63) is 28.8 Å². The van der Waals surface area contributed by atoms with Crippen LogP contribution in [-0.4, -0.2) is 55.4 Å². The lowest BCUT2D eigenvalue weighted by Gasteiger charge is -2.15. The van der Waals surface area contributed by atoms with E-state index in [2.05, 4.69) is 20.9 Å². The first-order valence-electron chi connectivity index (χ1n) is 9.36. The Morgan fingerprint density at radius 1 is 1.21 bits per heavy atom. The molecule has 0 atom stereocenters. The van der Waals surface area contributed by atoms with Gasteiger partial charge in [-0.2, -0.15) is 0 Å². The van der Waals surface area contributed by atoms with Gasteiger partial charge < -0.3 is 20.9 Å². The van der Waals surface area contributed by atoms with Gasteiger partial charge in [-0.05, 0) is 44.4 Å². The Hall–Kier alpha value is -1.55. The van der Waals surface area contributed by atoms with Crippen LogP contribution in [0, 0.1) is 6.92 Å². The second-order valence-corrected chi connectivity index (χ2v) is 6.83. The lowest BCUT2D eigenvalue weighted by molar-refractivity contribution is -0.128. The zero-order valence-electron chi connectivity index (χ0n) is 16.4. The van der Waals surface area contributed by atoms with Gasteiger partial charge in [0, 0.05) is 43.3 Å². The van der Waals surface area contributed by atoms with Gasteiger partial charge in [-0.3, -0.25) is 9.59 Å². The minimum absolute atomic E-state index is 0. The fraction of sp³-hybridized carbons (Fsp3) is 0.526. The third-order valence-corrected chi connectivity index (χ3v) is 4.77. The first-order valence-corrected chi connectivity index (χ1v) is 9.74. The number of hydrogen-bond donors (Lipinski definition) is 3. The van der Waals surface area contributed by atoms with Crippen LogP contribution in [-0.2, 0) is 9.59 Å². The van der Waals surface area contributed by atoms with Gasteiger partial charge in [0.25, 0.3) is 0 Å². The number of carbonyl (C=O) groups excluding carboxylic acids is 2. The monoisotopic (exact) mass is 521 g/mol. The standard InChI is InChI=1S/C19H28ClN5O2.HI/c1-3-21-19(23-13-18(27)25-11-4-5-12-25)22-10-9-17(26)24-16-8-6-7-15(20)14(16)2;/h6-8H,3-5,9-13H2,1-2H3,(H,24,26)(H2,21,22,23);1H. The number of amides is 2. The molecule has 9 heteroatoms. The molecule has 1 fully saturated rings. The molecule has 7 nitrogen and oxygen atoms in total. The normalized spacial score (nSPS) is 13.7. The zero-order chi connectivity index (χ0) is 19.6. The molecule has 1 aromatic carbocycles. The van der Waals surface area contributed by atoms with E-state index in [1.165, 1.54) is 0 Å². The molecule has 3 N–H and O–H groups in total. The number of guanidine groups is 1. The highest BCUT2D eigenvalue weighted by Gasteiger charge is 2.17. The first kappa shape index (κ1) is 24.5. The topological polar surface area (TPSA) is 85.8 Å². The molecule has 1 aliphatic heterocycles. The number of halogens is 2. The Balaban J connectivity index is 0.00000392. The van der Waals surface area contributed by atoms with Gasteiger partial charge >= 0.3 is 0 Å². The summed E-state index contributed by atoms with van der Waals surface area (Å²) in [7, 11) is 0. The van der Waals surface area contributed by atoms with Crippen molar-refractivity contribution in [1.29, 1.82) is 0 Å². The highest BCUT2D eigenvalue weighted by atomic mass is 127. The summed E-state index contributed by atoms with van der Waals surface area (Å²) in [5.74, 6) is 0.465. The van der Waals surface area contributed by atoms with Crippen molar-refractivity contribution in [3.8, 4) is 0 Å². The van der Waals surface area contributed by atoms with Crippen LogP contribution in [0.5, 0.6) is 0 Å². The van der Waals surface area contributed by atoms with Gasteiger partial charge in [0.2, 0.25) is 11.8 Å². The summed E-state index contributed by atoms with van der Waals surface area (Å²) in [6.07, 6.45) is 2.40. The zero-order valence-corrected chi connectivity index (χ0v) is 19.5. The molecular weight excluding hydrogens is 493 g/mol. The highest BCUT2D eigenvalue weighted by molar-refractivity contribution is 14.0. The van der Waals surface area contributed by atoms with E-state index < -0.39 is 0 Å². The fourth-order valence-corrected chi connectivity index (χ4v) is 2.98. The number of nitrogens with one attached hydrogen (secondary N) is 3. The predicted molar refractivity (Wildman–Crippen MR) is 125 cm³/mol. The van der Waals surface area contributed by atoms with Crippen LogP contribution in [0.1, 0.15) is 31.7 Å². The number of likely N-dealkylation sites (tertiary alicyclic amines) is 1. The number of aliphatic imine (C=N–C) groups is 1. The van der Waals surface area contributed by atoms with Gasteiger partial charge in [0.05, 0.1) is 0 Å². The molecule has 1 aromatic rings. The molecule has 0 radical (unpaired) electrons. The molecule has 2 amide bonds. The van der Waals surface area contributed by atoms with E-state index in [4.69, 9.17) is 11.6 Å². The number of rotatable bonds is 7. The smallest absolute Gasteiger partial charge is 0.244 e. The van der Waals surface area contributed by atoms with E-state index in [1.54, 1.807) is 12.1 Å². The van der Waals surface area contributed by atoms with Crippen LogP contribution in [0.4, 0.5) is 5.69 Å². The second kappa shape index (κ2) is 12.8. The Kier molecular flexibility index (Phi) is 11.2. The number of nitrogens with zero attached hydrogens (tertiary/aromatic N) is 2. The maximum absolute atomic E-state index is 12.1. The Morgan fingerprint density at radius 3 is 2.61 bits per heavy atom. The highest BCUT2D eigenvalue weighted by Crippen LogP contribution is 2.22. The van der Waals surface area contributed by atoms with Gasteiger partial charge in [-0.25, -0.2) is 4.99 Å². The largest absolute Gasteiger partial charge is 0.357 e. The summed E-state index contributed by atoms with van der Waals surface area (Å²) in [6, 6.07) is 5.41. The molecule has 1 heterocycles. The average molecular weight is 522 g/mol. The molecule has 0 aromatic heterocycles. The molecule has 0 bridgehead atoms. The molecule has 2 rings (SSSR count). The van der Waals surface area contributed by atoms with E-state index in [1.807, 2.05) is 24.8 Å². The third-order valence-electron chi connectivity index (χ3n) is 4.36. The molecule has 1 saturated heterocycles. The first-order chi connectivity index (χ1) is 13.0. The molecular formula is C19H29ClIN5O2. The van der Waals surface area contributed by atoms with Crippen LogP contribution in [0.2, 0.25) is 5.02 Å². The van der Waals surface area contributed by atoms with Crippen molar-refractivity contribution in [2.45, 2.75) is 33.1 Å². The maximum atomic E-state index is 12.1. The lowest BCUT2D eigenvalue weighted by Crippen LogP contribution is -2.40. The lowest BCUT2D eigenvalue weighted by atomic mass is 10.2. The van der Waals surface area contributed by atoms with E-state index in [0.29, 0.717) is 29.8 Å². The average Bonchev–Trinajstić information content (AvgIpc) is 3.18. The third kappa shape index (κ3) is 7.83. The van der Waals surface area contributed by atoms with Crippen LogP contribution in [0.15, 0.2) is 23.2 Å². The number of carbonyl (C=O) groups is 2. The number of anilines is 1. The van der Waals surface area contributed by atoms with E-state index >= 15 is 0 Å². The van der Waals surface area contributed by atoms with E-state index in [-0.39, 0.29) is 48.8 Å². The maximum Gasteiger partial charge on any atom is 0.244 e. The summed E-state index contributed by atoms with van der Waals surface area (Å²) < 4.78 is 0. The van der Waals surface area contributed by atoms with Crippen molar-refractivity contribution in [3.63, 3.8) is 0 Å². The van der Waals surface area contributed by atoms with Gasteiger partial charge in [-0.15, -0.1) is 24.0 Å². The van der Waals surface area contributed by atoms with Crippen molar-refractivity contribution < 1.29 is 9.59 Å². The molecule has 0 saturated carbocycles. The van der Waals surface area contributed by atoms with Gasteiger partial charge in [0.1, 0.15) is 6.54 Å². The fourth-order valence-electron chi connectivity index (χ4n) is 2.80. The molecule has 0 spiro atoms. The van der Waals surface area contributed by atoms with Gasteiger partial charge in [0.15, 0.2) is 5.96 Å². The summed E-state index contributed by atoms with van der Waals surface area (Å²) in [4.78, 5) is 30.4. The SMILES string of the molecule is CCNC(=NCC(=O)N1CCCC1)NCCC(=O)Nc1cccc(Cl)c1C.I. The molecule has 28 heavy (non-hydrogen) atoms. The van der Waals surface area contributed by atoms with Crippen LogP contribution in [0.25, 0.3) is 0 Å². The van der Waals surface area contributed by atoms with Gasteiger partial charge in [-0.1, -0.05) is 17.7 Å². The Morgan fingerprint density at radius 2 is 1.93 bits per heavy atom. The number of hydrogen-bond acceptors (Lipinski definition) is 3. The van der Waals surface area contributed by atoms with Crippen LogP contribution in [0.3, 0.4) is 0 Å². The Labute approximate surface area is 188 Å². The van der Waals surface area contributed by atoms with E-state index in [9.17, 15) is 9.59 Å². The summed E-state index contributed by atoms with van der Waals surface area (Å²) in [6.45, 7) is 6.66. The van der Waals surface area contributed by atoms with Crippen molar-refractivity contribution in [2.24, 2.45) is 4.99 Å². The van der Waals surface area contributed by atoms with Crippen LogP contribution < -0.4 is 16.0 Å². The molecule has 0 aliphatic carbocycles. The van der Waals surface area contributed by atoms with Crippen molar-refractivity contribution >= 4 is 59.0 Å². The number of benzene rings is 1. The minimum Gasteiger partial charge on any atom is -0.357 e. The van der Waals surface area contributed by atoms with Crippen molar-refractivity contribution in [2.75, 3.05) is 38.0 Å². The molecule has 156 valence electrons. The van der Waals surface area contributed by atoms with E-state index in [0.717, 1.165) is 31.5 Å². The summed E-state index contributed by atoms with van der Waals surface area (Å²) in [5.41, 5.74) is 1.56.